The van der Waals surface area contributed by atoms with Crippen LogP contribution in [0.15, 0.2) is 24.4 Å². The van der Waals surface area contributed by atoms with Gasteiger partial charge in [-0.05, 0) is 105 Å². The predicted molar refractivity (Wildman–Crippen MR) is 227 cm³/mol. The highest BCUT2D eigenvalue weighted by Gasteiger charge is 2.60. The number of hydrogen-bond acceptors (Lipinski definition) is 15. The summed E-state index contributed by atoms with van der Waals surface area (Å²) in [5.74, 6) is -3.53. The Bertz CT molecular complexity index is 1770. The number of halogens is 1. The van der Waals surface area contributed by atoms with E-state index in [1.54, 1.807) is 61.7 Å². The number of methoxy groups -OCH3 is 1. The Balaban J connectivity index is 1.64. The van der Waals surface area contributed by atoms with Crippen molar-refractivity contribution in [2.45, 2.75) is 161 Å². The monoisotopic (exact) mass is 863 g/mol. The van der Waals surface area contributed by atoms with Crippen LogP contribution in [0.3, 0.4) is 0 Å². The number of esters is 1. The SMILES string of the molecule is CCO[C@@H](O[C@@H]1[C@H](C)C(=O)C(C)(F)C(=O)O[C@H](CC)[C@@]2(C)OC(=O)N(CCCCn3cc(-c4cccc(N)n4)nn3)[C@@H]2[C@@H](C)NC[C@H](C)C[C@@]1(C)OC)C(O)C(CC)N(C)C. The molecule has 2 aromatic heterocycles. The zero-order chi connectivity index (χ0) is 45.4. The van der Waals surface area contributed by atoms with Gasteiger partial charge in [-0.25, -0.2) is 19.0 Å². The molecule has 2 saturated heterocycles. The molecule has 2 fully saturated rings. The first kappa shape index (κ1) is 49.8. The first-order chi connectivity index (χ1) is 28.7. The predicted octanol–water partition coefficient (Wildman–Crippen LogP) is 4.41. The number of cyclic esters (lactones) is 1. The average molecular weight is 863 g/mol. The Kier molecular flexibility index (Phi) is 17.2. The number of ether oxygens (including phenoxy) is 5. The smallest absolute Gasteiger partial charge is 0.410 e. The average Bonchev–Trinajstić information content (AvgIpc) is 3.79. The van der Waals surface area contributed by atoms with Gasteiger partial charge in [0.15, 0.2) is 17.7 Å². The van der Waals surface area contributed by atoms with Crippen LogP contribution in [0, 0.1) is 11.8 Å². The van der Waals surface area contributed by atoms with Gasteiger partial charge in [0.05, 0.1) is 29.6 Å². The molecular weight excluding hydrogens is 792 g/mol. The third-order valence-corrected chi connectivity index (χ3v) is 12.5. The first-order valence-electron chi connectivity index (χ1n) is 21.7. The number of aliphatic hydroxyl groups excluding tert-OH is 1. The van der Waals surface area contributed by atoms with Gasteiger partial charge < -0.3 is 44.7 Å². The second-order valence-electron chi connectivity index (χ2n) is 17.5. The summed E-state index contributed by atoms with van der Waals surface area (Å²) in [6, 6.07) is 3.86. The quantitative estimate of drug-likeness (QED) is 0.0926. The number of ketones is 1. The van der Waals surface area contributed by atoms with Gasteiger partial charge in [0, 0.05) is 44.8 Å². The third-order valence-electron chi connectivity index (χ3n) is 12.5. The maximum Gasteiger partial charge on any atom is 0.410 e. The van der Waals surface area contributed by atoms with E-state index in [2.05, 4.69) is 20.6 Å². The number of unbranched alkanes of at least 4 members (excludes halogenated alkanes) is 1. The second-order valence-corrected chi connectivity index (χ2v) is 17.5. The van der Waals surface area contributed by atoms with Crippen molar-refractivity contribution in [2.24, 2.45) is 11.8 Å². The zero-order valence-corrected chi connectivity index (χ0v) is 38.2. The van der Waals surface area contributed by atoms with Gasteiger partial charge in [0.2, 0.25) is 0 Å². The van der Waals surface area contributed by atoms with Crippen molar-refractivity contribution in [2.75, 3.05) is 46.6 Å². The molecule has 18 heteroatoms. The maximum absolute atomic E-state index is 17.0. The normalized spacial score (nSPS) is 32.1. The van der Waals surface area contributed by atoms with Crippen LogP contribution >= 0.6 is 0 Å². The minimum atomic E-state index is -3.15. The van der Waals surface area contributed by atoms with E-state index < -0.39 is 77.3 Å². The van der Waals surface area contributed by atoms with Crippen LogP contribution < -0.4 is 11.1 Å². The molecule has 344 valence electrons. The van der Waals surface area contributed by atoms with Gasteiger partial charge >= 0.3 is 12.1 Å². The molecule has 0 spiro atoms. The summed E-state index contributed by atoms with van der Waals surface area (Å²) in [6.45, 7) is 16.7. The van der Waals surface area contributed by atoms with Crippen molar-refractivity contribution in [3.8, 4) is 11.4 Å². The first-order valence-corrected chi connectivity index (χ1v) is 21.7. The number of anilines is 1. The standard InChI is InChI=1S/C43H71FN8O9/c1-13-31(50(10)11)34(53)38(58-15-3)60-37-27(5)36(54)42(8,44)39(55)59-32(14-2)43(9)35(28(6)46-24-26(4)23-41(37,7)57-12)52(40(56)61-43)22-17-16-21-51-25-30(48-49-51)29-19-18-20-33(45)47-29/h18-20,25-28,31-32,34-35,37-38,46,53H,13-17,21-24H2,1-12H3,(H2,45,47)/t26-,27-,28-,31?,32-,34?,35-,37-,38+,41-,42?,43-/m1/s1. The highest BCUT2D eigenvalue weighted by atomic mass is 19.1. The van der Waals surface area contributed by atoms with Gasteiger partial charge in [-0.3, -0.25) is 14.4 Å². The Labute approximate surface area is 360 Å². The molecular formula is C43H71FN8O9. The van der Waals surface area contributed by atoms with E-state index in [0.717, 1.165) is 6.92 Å². The van der Waals surface area contributed by atoms with Crippen LogP contribution in [0.1, 0.15) is 94.4 Å². The molecule has 0 bridgehead atoms. The van der Waals surface area contributed by atoms with Crippen LogP contribution in [0.25, 0.3) is 11.4 Å². The molecule has 4 heterocycles. The third kappa shape index (κ3) is 11.2. The summed E-state index contributed by atoms with van der Waals surface area (Å²) < 4.78 is 49.5. The van der Waals surface area contributed by atoms with Crippen LogP contribution in [0.5, 0.6) is 0 Å². The number of aliphatic hydroxyl groups is 1. The van der Waals surface area contributed by atoms with E-state index >= 15 is 4.39 Å². The number of aromatic nitrogens is 4. The number of nitrogens with zero attached hydrogens (tertiary/aromatic N) is 6. The number of likely N-dealkylation sites (N-methyl/N-ethyl adjacent to an activating group) is 1. The number of nitrogens with two attached hydrogens (primary N) is 1. The Morgan fingerprint density at radius 1 is 1.08 bits per heavy atom. The van der Waals surface area contributed by atoms with Crippen molar-refractivity contribution >= 4 is 23.7 Å². The number of nitrogen functional groups attached to an aromatic ring is 1. The minimum Gasteiger partial charge on any atom is -0.455 e. The van der Waals surface area contributed by atoms with Crippen molar-refractivity contribution in [1.82, 2.24) is 35.1 Å². The summed E-state index contributed by atoms with van der Waals surface area (Å²) in [4.78, 5) is 50.0. The van der Waals surface area contributed by atoms with Gasteiger partial charge in [0.25, 0.3) is 5.67 Å². The Hall–Kier alpha value is -3.81. The fourth-order valence-corrected chi connectivity index (χ4v) is 9.16. The summed E-state index contributed by atoms with van der Waals surface area (Å²) in [6.07, 6.45) is -1.23. The Morgan fingerprint density at radius 3 is 2.38 bits per heavy atom. The molecule has 0 aliphatic carbocycles. The molecule has 2 aromatic rings. The fraction of sp³-hybridized carbons (Fsp3) is 0.767. The Morgan fingerprint density at radius 2 is 1.77 bits per heavy atom. The highest BCUT2D eigenvalue weighted by Crippen LogP contribution is 2.40. The molecule has 17 nitrogen and oxygen atoms in total. The van der Waals surface area contributed by atoms with Gasteiger partial charge in [-0.1, -0.05) is 39.0 Å². The maximum atomic E-state index is 17.0. The molecule has 1 amide bonds. The van der Waals surface area contributed by atoms with E-state index in [1.165, 1.54) is 14.0 Å². The van der Waals surface area contributed by atoms with Crippen LogP contribution in [0.2, 0.25) is 0 Å². The number of carbonyl (C=O) groups is 3. The number of alkyl halides is 1. The van der Waals surface area contributed by atoms with Gasteiger partial charge in [0.1, 0.15) is 23.7 Å². The molecule has 0 saturated carbocycles. The zero-order valence-electron chi connectivity index (χ0n) is 38.2. The largest absolute Gasteiger partial charge is 0.455 e. The topological polar surface area (TPSA) is 206 Å². The summed E-state index contributed by atoms with van der Waals surface area (Å²) in [7, 11) is 5.16. The lowest BCUT2D eigenvalue weighted by molar-refractivity contribution is -0.266. The molecule has 2 aliphatic rings. The van der Waals surface area contributed by atoms with Gasteiger partial charge in [-0.15, -0.1) is 5.10 Å². The van der Waals surface area contributed by atoms with Crippen molar-refractivity contribution in [3.63, 3.8) is 0 Å². The lowest BCUT2D eigenvalue weighted by Gasteiger charge is -2.44. The fourth-order valence-electron chi connectivity index (χ4n) is 9.16. The van der Waals surface area contributed by atoms with Gasteiger partial charge in [-0.2, -0.15) is 0 Å². The number of aryl methyl sites for hydroxylation is 1. The lowest BCUT2D eigenvalue weighted by atomic mass is 9.78. The molecule has 3 unspecified atom stereocenters. The highest BCUT2D eigenvalue weighted by molar-refractivity contribution is 6.07. The van der Waals surface area contributed by atoms with Crippen LogP contribution in [0.4, 0.5) is 15.0 Å². The van der Waals surface area contributed by atoms with E-state index in [-0.39, 0.29) is 25.0 Å². The number of rotatable bonds is 16. The van der Waals surface area contributed by atoms with Crippen LogP contribution in [-0.4, -0.2) is 153 Å². The molecule has 12 atom stereocenters. The van der Waals surface area contributed by atoms with E-state index in [1.807, 2.05) is 39.8 Å². The van der Waals surface area contributed by atoms with E-state index in [9.17, 15) is 19.5 Å². The minimum absolute atomic E-state index is 0.129. The lowest BCUT2D eigenvalue weighted by Crippen LogP contribution is -2.61. The van der Waals surface area contributed by atoms with Crippen molar-refractivity contribution in [1.29, 1.82) is 0 Å². The number of Topliss-reactive ketones (excluding diaryl/α,β-unsaturated/α-hetero) is 1. The molecule has 0 radical (unpaired) electrons. The molecule has 4 rings (SSSR count). The molecule has 4 N–H and O–H groups in total. The van der Waals surface area contributed by atoms with E-state index in [0.29, 0.717) is 62.5 Å². The number of nitrogens with one attached hydrogen (secondary N) is 1. The van der Waals surface area contributed by atoms with Crippen LogP contribution in [-0.2, 0) is 39.8 Å². The van der Waals surface area contributed by atoms with Crippen molar-refractivity contribution < 1.29 is 47.6 Å². The number of fused-ring (bicyclic) bond motifs is 1. The number of pyridine rings is 1. The molecule has 2 aliphatic heterocycles. The summed E-state index contributed by atoms with van der Waals surface area (Å²) in [5.41, 5.74) is 1.22. The number of amides is 1. The van der Waals surface area contributed by atoms with E-state index in [4.69, 9.17) is 29.4 Å². The number of hydrogen-bond donors (Lipinski definition) is 3. The summed E-state index contributed by atoms with van der Waals surface area (Å²) >= 11 is 0. The molecule has 61 heavy (non-hydrogen) atoms. The molecule has 0 aromatic carbocycles. The summed E-state index contributed by atoms with van der Waals surface area (Å²) in [5, 5.41) is 23.6. The second kappa shape index (κ2) is 21.0. The van der Waals surface area contributed by atoms with Crippen molar-refractivity contribution in [3.05, 3.63) is 24.4 Å². The number of carbonyl (C=O) groups excluding carboxylic acids is 3.